The Morgan fingerprint density at radius 3 is 2.77 bits per heavy atom. The minimum Gasteiger partial charge on any atom is -0.394 e. The maximum atomic E-state index is 12.3. The molecule has 0 saturated carbocycles. The molecule has 2 aliphatic heterocycles. The van der Waals surface area contributed by atoms with Crippen LogP contribution < -0.4 is 10.6 Å². The number of carbonyl (C=O) groups is 2. The van der Waals surface area contributed by atoms with Gasteiger partial charge in [0, 0.05) is 31.5 Å². The second-order valence-electron chi connectivity index (χ2n) is 7.76. The lowest BCUT2D eigenvalue weighted by Gasteiger charge is -2.36. The number of ether oxygens (including phenoxy) is 2. The summed E-state index contributed by atoms with van der Waals surface area (Å²) in [7, 11) is 0. The zero-order valence-corrected chi connectivity index (χ0v) is 17.3. The highest BCUT2D eigenvalue weighted by Gasteiger charge is 2.32. The minimum atomic E-state index is -0.429. The third kappa shape index (κ3) is 7.32. The molecular formula is C21H32N4O5. The van der Waals surface area contributed by atoms with Crippen LogP contribution in [-0.4, -0.2) is 91.1 Å². The summed E-state index contributed by atoms with van der Waals surface area (Å²) in [5, 5.41) is 15.6. The van der Waals surface area contributed by atoms with Gasteiger partial charge in [0.25, 0.3) is 0 Å². The second kappa shape index (κ2) is 11.9. The molecule has 2 aliphatic rings. The van der Waals surface area contributed by atoms with Crippen molar-refractivity contribution in [1.82, 2.24) is 20.5 Å². The smallest absolute Gasteiger partial charge is 0.234 e. The van der Waals surface area contributed by atoms with Crippen molar-refractivity contribution in [3.8, 4) is 0 Å². The molecule has 1 aromatic heterocycles. The Balaban J connectivity index is 1.35. The molecule has 9 nitrogen and oxygen atoms in total. The SMILES string of the molecule is O=C(Cc1ccccn1)NCC[C@H]1CC[C@@H](NC(=O)CN2CCOCC2)[C@@H](CO)O1. The van der Waals surface area contributed by atoms with Crippen LogP contribution in [0.5, 0.6) is 0 Å². The van der Waals surface area contributed by atoms with Crippen molar-refractivity contribution in [2.75, 3.05) is 46.0 Å². The molecule has 0 aromatic carbocycles. The van der Waals surface area contributed by atoms with Crippen LogP contribution in [0.2, 0.25) is 0 Å². The number of nitrogens with one attached hydrogen (secondary N) is 2. The highest BCUT2D eigenvalue weighted by atomic mass is 16.5. The van der Waals surface area contributed by atoms with Gasteiger partial charge >= 0.3 is 0 Å². The van der Waals surface area contributed by atoms with E-state index in [-0.39, 0.29) is 37.0 Å². The first kappa shape index (κ1) is 22.6. The van der Waals surface area contributed by atoms with Gasteiger partial charge < -0.3 is 25.2 Å². The Hall–Kier alpha value is -2.07. The molecule has 3 rings (SSSR count). The number of aliphatic hydroxyl groups excluding tert-OH is 1. The Morgan fingerprint density at radius 1 is 1.20 bits per heavy atom. The summed E-state index contributed by atoms with van der Waals surface area (Å²) in [6.45, 7) is 3.51. The van der Waals surface area contributed by atoms with E-state index in [0.29, 0.717) is 32.7 Å². The molecule has 9 heteroatoms. The first-order chi connectivity index (χ1) is 14.6. The van der Waals surface area contributed by atoms with E-state index in [1.165, 1.54) is 0 Å². The summed E-state index contributed by atoms with van der Waals surface area (Å²) in [5.41, 5.74) is 0.736. The molecular weight excluding hydrogens is 388 g/mol. The van der Waals surface area contributed by atoms with Crippen LogP contribution in [0, 0.1) is 0 Å². The number of amides is 2. The van der Waals surface area contributed by atoms with E-state index in [1.54, 1.807) is 6.20 Å². The van der Waals surface area contributed by atoms with Gasteiger partial charge in [0.2, 0.25) is 11.8 Å². The van der Waals surface area contributed by atoms with Crippen molar-refractivity contribution in [2.24, 2.45) is 0 Å². The zero-order valence-electron chi connectivity index (χ0n) is 17.3. The summed E-state index contributed by atoms with van der Waals surface area (Å²) >= 11 is 0. The number of rotatable bonds is 9. The summed E-state index contributed by atoms with van der Waals surface area (Å²) in [5.74, 6) is -0.124. The monoisotopic (exact) mass is 420 g/mol. The molecule has 3 atom stereocenters. The molecule has 0 radical (unpaired) electrons. The van der Waals surface area contributed by atoms with Gasteiger partial charge in [0.1, 0.15) is 6.10 Å². The van der Waals surface area contributed by atoms with E-state index in [4.69, 9.17) is 9.47 Å². The van der Waals surface area contributed by atoms with E-state index in [2.05, 4.69) is 20.5 Å². The molecule has 0 unspecified atom stereocenters. The predicted octanol–water partition coefficient (Wildman–Crippen LogP) is -0.513. The van der Waals surface area contributed by atoms with E-state index < -0.39 is 6.10 Å². The second-order valence-corrected chi connectivity index (χ2v) is 7.76. The van der Waals surface area contributed by atoms with Crippen molar-refractivity contribution in [2.45, 2.75) is 43.9 Å². The van der Waals surface area contributed by atoms with Gasteiger partial charge in [-0.25, -0.2) is 0 Å². The van der Waals surface area contributed by atoms with Gasteiger partial charge in [-0.3, -0.25) is 19.5 Å². The molecule has 3 N–H and O–H groups in total. The molecule has 0 aliphatic carbocycles. The van der Waals surface area contributed by atoms with Gasteiger partial charge in [0.15, 0.2) is 0 Å². The van der Waals surface area contributed by atoms with Crippen LogP contribution in [0.3, 0.4) is 0 Å². The maximum Gasteiger partial charge on any atom is 0.234 e. The number of hydrogen-bond donors (Lipinski definition) is 3. The average molecular weight is 421 g/mol. The van der Waals surface area contributed by atoms with Crippen molar-refractivity contribution >= 4 is 11.8 Å². The number of carbonyl (C=O) groups excluding carboxylic acids is 2. The molecule has 3 heterocycles. The van der Waals surface area contributed by atoms with Crippen LogP contribution in [0.1, 0.15) is 25.0 Å². The fourth-order valence-corrected chi connectivity index (χ4v) is 3.83. The number of pyridine rings is 1. The van der Waals surface area contributed by atoms with Crippen molar-refractivity contribution in [1.29, 1.82) is 0 Å². The summed E-state index contributed by atoms with van der Waals surface area (Å²) in [6.07, 6.45) is 3.62. The fourth-order valence-electron chi connectivity index (χ4n) is 3.83. The molecule has 166 valence electrons. The number of hydrogen-bond acceptors (Lipinski definition) is 7. The normalized spacial score (nSPS) is 24.9. The standard InChI is InChI=1S/C21H32N4O5/c26-15-19-18(24-21(28)14-25-9-11-29-12-10-25)5-4-17(30-19)6-8-23-20(27)13-16-3-1-2-7-22-16/h1-3,7,17-19,26H,4-6,8-15H2,(H,23,27)(H,24,28)/t17-,18-,19-/m1/s1. The zero-order chi connectivity index (χ0) is 21.2. The predicted molar refractivity (Wildman–Crippen MR) is 110 cm³/mol. The minimum absolute atomic E-state index is 0.0512. The lowest BCUT2D eigenvalue weighted by Crippen LogP contribution is -2.53. The molecule has 2 fully saturated rings. The van der Waals surface area contributed by atoms with Crippen molar-refractivity contribution in [3.05, 3.63) is 30.1 Å². The third-order valence-corrected chi connectivity index (χ3v) is 5.47. The maximum absolute atomic E-state index is 12.3. The highest BCUT2D eigenvalue weighted by molar-refractivity contribution is 5.78. The van der Waals surface area contributed by atoms with Gasteiger partial charge in [-0.1, -0.05) is 6.07 Å². The van der Waals surface area contributed by atoms with Crippen molar-refractivity contribution < 1.29 is 24.2 Å². The molecule has 2 amide bonds. The third-order valence-electron chi connectivity index (χ3n) is 5.47. The Kier molecular flexibility index (Phi) is 9.00. The molecule has 1 aromatic rings. The van der Waals surface area contributed by atoms with Crippen LogP contribution >= 0.6 is 0 Å². The number of morpholine rings is 1. The van der Waals surface area contributed by atoms with E-state index in [0.717, 1.165) is 31.6 Å². The lowest BCUT2D eigenvalue weighted by molar-refractivity contribution is -0.130. The van der Waals surface area contributed by atoms with Gasteiger partial charge in [0.05, 0.1) is 44.9 Å². The molecule has 30 heavy (non-hydrogen) atoms. The summed E-state index contributed by atoms with van der Waals surface area (Å²) in [4.78, 5) is 30.6. The Morgan fingerprint density at radius 2 is 2.03 bits per heavy atom. The Labute approximate surface area is 177 Å². The molecule has 0 spiro atoms. The number of aromatic nitrogens is 1. The quantitative estimate of drug-likeness (QED) is 0.493. The van der Waals surface area contributed by atoms with Crippen LogP contribution in [0.4, 0.5) is 0 Å². The van der Waals surface area contributed by atoms with Crippen LogP contribution in [0.25, 0.3) is 0 Å². The Bertz CT molecular complexity index is 669. The summed E-state index contributed by atoms with van der Waals surface area (Å²) in [6, 6.07) is 5.30. The van der Waals surface area contributed by atoms with Gasteiger partial charge in [-0.15, -0.1) is 0 Å². The first-order valence-electron chi connectivity index (χ1n) is 10.7. The highest BCUT2D eigenvalue weighted by Crippen LogP contribution is 2.21. The molecule has 0 bridgehead atoms. The largest absolute Gasteiger partial charge is 0.394 e. The van der Waals surface area contributed by atoms with Crippen LogP contribution in [0.15, 0.2) is 24.4 Å². The summed E-state index contributed by atoms with van der Waals surface area (Å²) < 4.78 is 11.3. The van der Waals surface area contributed by atoms with E-state index >= 15 is 0 Å². The lowest BCUT2D eigenvalue weighted by atomic mass is 9.97. The molecule has 2 saturated heterocycles. The fraction of sp³-hybridized carbons (Fsp3) is 0.667. The van der Waals surface area contributed by atoms with E-state index in [9.17, 15) is 14.7 Å². The van der Waals surface area contributed by atoms with Gasteiger partial charge in [-0.05, 0) is 31.4 Å². The average Bonchev–Trinajstić information content (AvgIpc) is 2.76. The van der Waals surface area contributed by atoms with Crippen molar-refractivity contribution in [3.63, 3.8) is 0 Å². The number of aliphatic hydroxyl groups is 1. The van der Waals surface area contributed by atoms with Gasteiger partial charge in [-0.2, -0.15) is 0 Å². The van der Waals surface area contributed by atoms with Crippen LogP contribution in [-0.2, 0) is 25.5 Å². The topological polar surface area (TPSA) is 113 Å². The first-order valence-corrected chi connectivity index (χ1v) is 10.7. The number of nitrogens with zero attached hydrogens (tertiary/aromatic N) is 2. The van der Waals surface area contributed by atoms with E-state index in [1.807, 2.05) is 18.2 Å².